The van der Waals surface area contributed by atoms with E-state index in [9.17, 15) is 9.59 Å². The average Bonchev–Trinajstić information content (AvgIpc) is 2.88. The van der Waals surface area contributed by atoms with Crippen LogP contribution in [0.15, 0.2) is 0 Å². The second-order valence-electron chi connectivity index (χ2n) is 11.2. The lowest BCUT2D eigenvalue weighted by Gasteiger charge is -2.14. The molecule has 0 aromatic carbocycles. The van der Waals surface area contributed by atoms with E-state index in [2.05, 4.69) is 13.8 Å². The second kappa shape index (κ2) is 28.9. The van der Waals surface area contributed by atoms with Gasteiger partial charge in [-0.2, -0.15) is 0 Å². The molecule has 2 atom stereocenters. The minimum Gasteiger partial charge on any atom is -0.447 e. The van der Waals surface area contributed by atoms with Gasteiger partial charge in [-0.05, 0) is 38.5 Å². The summed E-state index contributed by atoms with van der Waals surface area (Å²) in [4.78, 5) is 24.0. The third-order valence-corrected chi connectivity index (χ3v) is 7.26. The fourth-order valence-electron chi connectivity index (χ4n) is 4.78. The average molecular weight is 541 g/mol. The molecule has 226 valence electrons. The molecule has 0 aliphatic rings. The molecule has 0 aromatic heterocycles. The highest BCUT2D eigenvalue weighted by Gasteiger charge is 2.12. The molecule has 6 heteroatoms. The highest BCUT2D eigenvalue weighted by atomic mass is 16.6. The molecule has 0 saturated carbocycles. The summed E-state index contributed by atoms with van der Waals surface area (Å²) in [6.45, 7) is 4.50. The predicted octanol–water partition coefficient (Wildman–Crippen LogP) is 8.82. The zero-order chi connectivity index (χ0) is 28.1. The Balaban J connectivity index is 3.52. The van der Waals surface area contributed by atoms with E-state index < -0.39 is 12.5 Å². The van der Waals surface area contributed by atoms with Crippen molar-refractivity contribution in [2.24, 2.45) is 11.5 Å². The van der Waals surface area contributed by atoms with Crippen molar-refractivity contribution in [2.75, 3.05) is 0 Å². The van der Waals surface area contributed by atoms with Crippen LogP contribution in [0.4, 0.5) is 0 Å². The predicted molar refractivity (Wildman–Crippen MR) is 160 cm³/mol. The SMILES string of the molecule is CCCCCCCCCCCCC(N)OC(=O)CCCCC(=O)OC(N)CCCCCCCCCCCC. The van der Waals surface area contributed by atoms with Crippen molar-refractivity contribution in [2.45, 2.75) is 193 Å². The first-order chi connectivity index (χ1) is 18.5. The van der Waals surface area contributed by atoms with Crippen molar-refractivity contribution < 1.29 is 19.1 Å². The molecule has 0 radical (unpaired) electrons. The Morgan fingerprint density at radius 2 is 0.711 bits per heavy atom. The quantitative estimate of drug-likeness (QED) is 0.0558. The molecule has 38 heavy (non-hydrogen) atoms. The molecule has 0 amide bonds. The largest absolute Gasteiger partial charge is 0.447 e. The number of ether oxygens (including phenoxy) is 2. The summed E-state index contributed by atoms with van der Waals surface area (Å²) < 4.78 is 10.6. The molecule has 0 heterocycles. The van der Waals surface area contributed by atoms with E-state index in [4.69, 9.17) is 20.9 Å². The Morgan fingerprint density at radius 1 is 0.447 bits per heavy atom. The number of hydrogen-bond donors (Lipinski definition) is 2. The topological polar surface area (TPSA) is 105 Å². The van der Waals surface area contributed by atoms with Crippen molar-refractivity contribution in [3.8, 4) is 0 Å². The standard InChI is InChI=1S/C32H64N2O4/c1-3-5-7-9-11-13-15-17-19-21-25-29(33)37-31(35)27-23-24-28-32(36)38-30(34)26-22-20-18-16-14-12-10-8-6-4-2/h29-30H,3-28,33-34H2,1-2H3. The van der Waals surface area contributed by atoms with Crippen LogP contribution in [0.1, 0.15) is 181 Å². The van der Waals surface area contributed by atoms with Gasteiger partial charge in [-0.1, -0.05) is 129 Å². The smallest absolute Gasteiger partial charge is 0.307 e. The number of unbranched alkanes of at least 4 members (excludes halogenated alkanes) is 19. The Labute approximate surface area is 235 Å². The van der Waals surface area contributed by atoms with Crippen molar-refractivity contribution in [3.05, 3.63) is 0 Å². The Morgan fingerprint density at radius 3 is 1.00 bits per heavy atom. The molecular weight excluding hydrogens is 476 g/mol. The van der Waals surface area contributed by atoms with Crippen molar-refractivity contribution in [1.82, 2.24) is 0 Å². The third-order valence-electron chi connectivity index (χ3n) is 7.26. The molecule has 6 nitrogen and oxygen atoms in total. The zero-order valence-corrected chi connectivity index (χ0v) is 25.3. The highest BCUT2D eigenvalue weighted by Crippen LogP contribution is 2.14. The molecule has 2 unspecified atom stereocenters. The van der Waals surface area contributed by atoms with E-state index in [1.165, 1.54) is 103 Å². The molecule has 4 N–H and O–H groups in total. The molecule has 0 aromatic rings. The summed E-state index contributed by atoms with van der Waals surface area (Å²) in [5.41, 5.74) is 11.9. The molecule has 0 saturated heterocycles. The van der Waals surface area contributed by atoms with E-state index in [0.717, 1.165) is 25.7 Å². The van der Waals surface area contributed by atoms with Crippen molar-refractivity contribution in [3.63, 3.8) is 0 Å². The van der Waals surface area contributed by atoms with Gasteiger partial charge in [-0.15, -0.1) is 0 Å². The van der Waals surface area contributed by atoms with Crippen LogP contribution in [-0.2, 0) is 19.1 Å². The number of esters is 2. The highest BCUT2D eigenvalue weighted by molar-refractivity contribution is 5.70. The normalized spacial score (nSPS) is 12.8. The van der Waals surface area contributed by atoms with Gasteiger partial charge < -0.3 is 9.47 Å². The van der Waals surface area contributed by atoms with E-state index in [1.807, 2.05) is 0 Å². The van der Waals surface area contributed by atoms with Crippen LogP contribution in [0.25, 0.3) is 0 Å². The third kappa shape index (κ3) is 27.9. The molecule has 0 aliphatic heterocycles. The summed E-state index contributed by atoms with van der Waals surface area (Å²) in [5, 5.41) is 0. The van der Waals surface area contributed by atoms with Gasteiger partial charge in [0.05, 0.1) is 0 Å². The maximum Gasteiger partial charge on any atom is 0.307 e. The molecule has 0 bridgehead atoms. The minimum atomic E-state index is -0.523. The molecule has 0 fully saturated rings. The first-order valence-corrected chi connectivity index (χ1v) is 16.4. The van der Waals surface area contributed by atoms with Crippen LogP contribution in [0, 0.1) is 0 Å². The van der Waals surface area contributed by atoms with Gasteiger partial charge in [0, 0.05) is 12.8 Å². The monoisotopic (exact) mass is 540 g/mol. The van der Waals surface area contributed by atoms with E-state index in [1.54, 1.807) is 0 Å². The van der Waals surface area contributed by atoms with Gasteiger partial charge in [0.2, 0.25) is 0 Å². The maximum absolute atomic E-state index is 12.0. The van der Waals surface area contributed by atoms with Crippen LogP contribution in [-0.4, -0.2) is 24.4 Å². The Hall–Kier alpha value is -1.14. The number of carbonyl (C=O) groups excluding carboxylic acids is 2. The minimum absolute atomic E-state index is 0.281. The lowest BCUT2D eigenvalue weighted by molar-refractivity contribution is -0.151. The number of nitrogens with two attached hydrogens (primary N) is 2. The first kappa shape index (κ1) is 36.9. The fraction of sp³-hybridized carbons (Fsp3) is 0.938. The number of carbonyl (C=O) groups is 2. The van der Waals surface area contributed by atoms with Gasteiger partial charge in [-0.25, -0.2) is 0 Å². The molecular formula is C32H64N2O4. The summed E-state index contributed by atoms with van der Waals surface area (Å²) in [7, 11) is 0. The molecule has 0 rings (SSSR count). The van der Waals surface area contributed by atoms with Crippen LogP contribution in [0.2, 0.25) is 0 Å². The molecule has 0 aliphatic carbocycles. The number of rotatable bonds is 29. The summed E-state index contributed by atoms with van der Waals surface area (Å²) in [5.74, 6) is -0.564. The first-order valence-electron chi connectivity index (χ1n) is 16.4. The fourth-order valence-corrected chi connectivity index (χ4v) is 4.78. The van der Waals surface area contributed by atoms with Crippen LogP contribution in [0.3, 0.4) is 0 Å². The van der Waals surface area contributed by atoms with Crippen molar-refractivity contribution in [1.29, 1.82) is 0 Å². The van der Waals surface area contributed by atoms with Gasteiger partial charge in [-0.3, -0.25) is 21.1 Å². The van der Waals surface area contributed by atoms with E-state index >= 15 is 0 Å². The van der Waals surface area contributed by atoms with Gasteiger partial charge in [0.1, 0.15) is 0 Å². The summed E-state index contributed by atoms with van der Waals surface area (Å²) in [6.07, 6.45) is 27.6. The van der Waals surface area contributed by atoms with Crippen LogP contribution in [0.5, 0.6) is 0 Å². The van der Waals surface area contributed by atoms with Gasteiger partial charge >= 0.3 is 11.9 Å². The zero-order valence-electron chi connectivity index (χ0n) is 25.3. The van der Waals surface area contributed by atoms with Crippen LogP contribution < -0.4 is 11.5 Å². The Kier molecular flexibility index (Phi) is 28.0. The summed E-state index contributed by atoms with van der Waals surface area (Å²) in [6, 6.07) is 0. The van der Waals surface area contributed by atoms with Crippen molar-refractivity contribution >= 4 is 11.9 Å². The maximum atomic E-state index is 12.0. The van der Waals surface area contributed by atoms with Crippen LogP contribution >= 0.6 is 0 Å². The van der Waals surface area contributed by atoms with E-state index in [0.29, 0.717) is 25.7 Å². The van der Waals surface area contributed by atoms with Gasteiger partial charge in [0.25, 0.3) is 0 Å². The second-order valence-corrected chi connectivity index (χ2v) is 11.2. The van der Waals surface area contributed by atoms with E-state index in [-0.39, 0.29) is 24.8 Å². The summed E-state index contributed by atoms with van der Waals surface area (Å²) >= 11 is 0. The van der Waals surface area contributed by atoms with Gasteiger partial charge in [0.15, 0.2) is 12.5 Å². The Bertz CT molecular complexity index is 484. The lowest BCUT2D eigenvalue weighted by Crippen LogP contribution is -2.27. The molecule has 0 spiro atoms. The lowest BCUT2D eigenvalue weighted by atomic mass is 10.1. The number of hydrogen-bond acceptors (Lipinski definition) is 6.